The number of Topliss-reactive ketones (excluding diaryl/α,β-unsaturated/α-hetero) is 1. The van der Waals surface area contributed by atoms with Crippen LogP contribution in [-0.2, 0) is 4.79 Å². The van der Waals surface area contributed by atoms with Gasteiger partial charge in [-0.2, -0.15) is 0 Å². The lowest BCUT2D eigenvalue weighted by Crippen LogP contribution is -2.44. The van der Waals surface area contributed by atoms with Crippen molar-refractivity contribution in [3.05, 3.63) is 95.6 Å². The molecular formula is C30H32N2O4. The average molecular weight is 485 g/mol. The largest absolute Gasteiger partial charge is 0.486 e. The van der Waals surface area contributed by atoms with Crippen molar-refractivity contribution in [1.29, 1.82) is 0 Å². The monoisotopic (exact) mass is 484 g/mol. The fraction of sp³-hybridized carbons (Fsp3) is 0.333. The van der Waals surface area contributed by atoms with Crippen molar-refractivity contribution in [2.45, 2.75) is 18.9 Å². The minimum atomic E-state index is -0.144. The van der Waals surface area contributed by atoms with Crippen molar-refractivity contribution < 1.29 is 19.1 Å². The quantitative estimate of drug-likeness (QED) is 0.459. The molecule has 0 unspecified atom stereocenters. The van der Waals surface area contributed by atoms with Gasteiger partial charge in [-0.05, 0) is 55.3 Å². The minimum absolute atomic E-state index is 0.0435. The van der Waals surface area contributed by atoms with E-state index in [1.165, 1.54) is 0 Å². The van der Waals surface area contributed by atoms with E-state index in [0.717, 1.165) is 37.1 Å². The molecule has 0 N–H and O–H groups in total. The number of likely N-dealkylation sites (tertiary alicyclic amines) is 1. The van der Waals surface area contributed by atoms with Gasteiger partial charge in [0.25, 0.3) is 0 Å². The second-order valence-electron chi connectivity index (χ2n) is 9.50. The number of ketones is 1. The SMILES string of the molecule is CN(C(=O)CN1CCC(C(=O)c2ccc3c(c2)OCCO3)CC1)C(c1ccccc1)c1ccccc1. The van der Waals surface area contributed by atoms with Gasteiger partial charge in [0.15, 0.2) is 17.3 Å². The Morgan fingerprint density at radius 1 is 0.861 bits per heavy atom. The van der Waals surface area contributed by atoms with Crippen molar-refractivity contribution in [2.24, 2.45) is 5.92 Å². The highest BCUT2D eigenvalue weighted by Crippen LogP contribution is 2.33. The maximum absolute atomic E-state index is 13.4. The summed E-state index contributed by atoms with van der Waals surface area (Å²) >= 11 is 0. The highest BCUT2D eigenvalue weighted by Gasteiger charge is 2.30. The minimum Gasteiger partial charge on any atom is -0.486 e. The Morgan fingerprint density at radius 2 is 1.44 bits per heavy atom. The van der Waals surface area contributed by atoms with Crippen molar-refractivity contribution in [1.82, 2.24) is 9.80 Å². The summed E-state index contributed by atoms with van der Waals surface area (Å²) in [6, 6.07) is 25.6. The lowest BCUT2D eigenvalue weighted by Gasteiger charge is -2.34. The van der Waals surface area contributed by atoms with E-state index in [9.17, 15) is 9.59 Å². The van der Waals surface area contributed by atoms with Crippen LogP contribution in [0.25, 0.3) is 0 Å². The van der Waals surface area contributed by atoms with Gasteiger partial charge in [0, 0.05) is 18.5 Å². The molecule has 36 heavy (non-hydrogen) atoms. The molecule has 2 aliphatic heterocycles. The Balaban J connectivity index is 1.20. The number of piperidine rings is 1. The molecular weight excluding hydrogens is 452 g/mol. The van der Waals surface area contributed by atoms with E-state index in [1.807, 2.05) is 60.5 Å². The predicted molar refractivity (Wildman–Crippen MR) is 138 cm³/mol. The van der Waals surface area contributed by atoms with Crippen molar-refractivity contribution in [3.8, 4) is 11.5 Å². The van der Waals surface area contributed by atoms with Gasteiger partial charge >= 0.3 is 0 Å². The molecule has 0 aliphatic carbocycles. The first-order valence-corrected chi connectivity index (χ1v) is 12.6. The zero-order valence-electron chi connectivity index (χ0n) is 20.6. The van der Waals surface area contributed by atoms with Crippen LogP contribution in [0.2, 0.25) is 0 Å². The van der Waals surface area contributed by atoms with E-state index in [-0.39, 0.29) is 23.7 Å². The lowest BCUT2D eigenvalue weighted by molar-refractivity contribution is -0.133. The molecule has 1 amide bonds. The summed E-state index contributed by atoms with van der Waals surface area (Å²) in [4.78, 5) is 30.5. The number of ether oxygens (including phenoxy) is 2. The number of nitrogens with zero attached hydrogens (tertiary/aromatic N) is 2. The standard InChI is InChI=1S/C30H32N2O4/c1-31(29(22-8-4-2-5-9-22)23-10-6-3-7-11-23)28(33)21-32-16-14-24(15-17-32)30(34)25-12-13-26-27(20-25)36-19-18-35-26/h2-13,20,24,29H,14-19,21H2,1H3. The Morgan fingerprint density at radius 3 is 2.06 bits per heavy atom. The molecule has 0 bridgehead atoms. The number of hydrogen-bond donors (Lipinski definition) is 0. The van der Waals surface area contributed by atoms with Crippen LogP contribution >= 0.6 is 0 Å². The molecule has 0 radical (unpaired) electrons. The number of rotatable bonds is 7. The van der Waals surface area contributed by atoms with Gasteiger partial charge in [0.05, 0.1) is 12.6 Å². The molecule has 6 heteroatoms. The maximum atomic E-state index is 13.4. The zero-order valence-corrected chi connectivity index (χ0v) is 20.6. The number of likely N-dealkylation sites (N-methyl/N-ethyl adjacent to an activating group) is 1. The number of amides is 1. The van der Waals surface area contributed by atoms with E-state index >= 15 is 0 Å². The van der Waals surface area contributed by atoms with Gasteiger partial charge in [-0.1, -0.05) is 60.7 Å². The van der Waals surface area contributed by atoms with Crippen LogP contribution in [0.4, 0.5) is 0 Å². The van der Waals surface area contributed by atoms with Crippen LogP contribution in [0, 0.1) is 5.92 Å². The third kappa shape index (κ3) is 5.29. The summed E-state index contributed by atoms with van der Waals surface area (Å²) in [5.74, 6) is 1.51. The summed E-state index contributed by atoms with van der Waals surface area (Å²) in [5, 5.41) is 0. The Kier molecular flexibility index (Phi) is 7.33. The van der Waals surface area contributed by atoms with Gasteiger partial charge in [0.2, 0.25) is 5.91 Å². The number of hydrogen-bond acceptors (Lipinski definition) is 5. The maximum Gasteiger partial charge on any atom is 0.237 e. The van der Waals surface area contributed by atoms with E-state index in [4.69, 9.17) is 9.47 Å². The number of fused-ring (bicyclic) bond motifs is 1. The van der Waals surface area contributed by atoms with Gasteiger partial charge in [0.1, 0.15) is 13.2 Å². The Bertz CT molecular complexity index is 1150. The van der Waals surface area contributed by atoms with Crippen molar-refractivity contribution in [2.75, 3.05) is 39.9 Å². The zero-order chi connectivity index (χ0) is 24.9. The topological polar surface area (TPSA) is 59.1 Å². The molecule has 0 spiro atoms. The second-order valence-corrected chi connectivity index (χ2v) is 9.50. The van der Waals surface area contributed by atoms with Gasteiger partial charge in [-0.15, -0.1) is 0 Å². The van der Waals surface area contributed by atoms with Gasteiger partial charge in [-0.3, -0.25) is 14.5 Å². The fourth-order valence-electron chi connectivity index (χ4n) is 5.14. The molecule has 5 rings (SSSR count). The first-order valence-electron chi connectivity index (χ1n) is 12.6. The second kappa shape index (κ2) is 11.0. The molecule has 6 nitrogen and oxygen atoms in total. The molecule has 186 valence electrons. The lowest BCUT2D eigenvalue weighted by atomic mass is 9.88. The fourth-order valence-corrected chi connectivity index (χ4v) is 5.14. The molecule has 3 aromatic carbocycles. The number of carbonyl (C=O) groups is 2. The molecule has 0 aromatic heterocycles. The predicted octanol–water partition coefficient (Wildman–Crippen LogP) is 4.60. The molecule has 0 atom stereocenters. The number of carbonyl (C=O) groups excluding carboxylic acids is 2. The van der Waals surface area contributed by atoms with E-state index in [0.29, 0.717) is 36.8 Å². The average Bonchev–Trinajstić information content (AvgIpc) is 2.94. The first-order chi connectivity index (χ1) is 17.6. The van der Waals surface area contributed by atoms with Crippen LogP contribution in [-0.4, -0.2) is 61.4 Å². The van der Waals surface area contributed by atoms with Crippen LogP contribution in [0.3, 0.4) is 0 Å². The van der Waals surface area contributed by atoms with Crippen molar-refractivity contribution in [3.63, 3.8) is 0 Å². The highest BCUT2D eigenvalue weighted by molar-refractivity contribution is 5.98. The van der Waals surface area contributed by atoms with E-state index in [1.54, 1.807) is 6.07 Å². The van der Waals surface area contributed by atoms with Crippen LogP contribution in [0.1, 0.15) is 40.4 Å². The van der Waals surface area contributed by atoms with E-state index < -0.39 is 0 Å². The molecule has 0 saturated carbocycles. The Hall–Kier alpha value is -3.64. The molecule has 3 aromatic rings. The van der Waals surface area contributed by atoms with Crippen LogP contribution in [0.15, 0.2) is 78.9 Å². The van der Waals surface area contributed by atoms with Gasteiger partial charge < -0.3 is 14.4 Å². The molecule has 1 saturated heterocycles. The summed E-state index contributed by atoms with van der Waals surface area (Å²) in [5.41, 5.74) is 2.84. The summed E-state index contributed by atoms with van der Waals surface area (Å²) < 4.78 is 11.2. The van der Waals surface area contributed by atoms with Crippen molar-refractivity contribution >= 4 is 11.7 Å². The normalized spacial score (nSPS) is 16.1. The molecule has 1 fully saturated rings. The third-order valence-electron chi connectivity index (χ3n) is 7.16. The van der Waals surface area contributed by atoms with Gasteiger partial charge in [-0.25, -0.2) is 0 Å². The summed E-state index contributed by atoms with van der Waals surface area (Å²) in [6.07, 6.45) is 1.48. The number of benzene rings is 3. The third-order valence-corrected chi connectivity index (χ3v) is 7.16. The van der Waals surface area contributed by atoms with Crippen LogP contribution < -0.4 is 9.47 Å². The first kappa shape index (κ1) is 24.1. The molecule has 2 aliphatic rings. The summed E-state index contributed by atoms with van der Waals surface area (Å²) in [7, 11) is 1.88. The van der Waals surface area contributed by atoms with Crippen LogP contribution in [0.5, 0.6) is 11.5 Å². The summed E-state index contributed by atoms with van der Waals surface area (Å²) in [6.45, 7) is 2.83. The smallest absolute Gasteiger partial charge is 0.237 e. The highest BCUT2D eigenvalue weighted by atomic mass is 16.6. The Labute approximate surface area is 212 Å². The van der Waals surface area contributed by atoms with E-state index in [2.05, 4.69) is 29.2 Å². The molecule has 2 heterocycles.